The summed E-state index contributed by atoms with van der Waals surface area (Å²) in [6.45, 7) is 2.25. The Balaban J connectivity index is 1.50. The van der Waals surface area contributed by atoms with Gasteiger partial charge in [0.15, 0.2) is 5.58 Å². The molecule has 28 heavy (non-hydrogen) atoms. The van der Waals surface area contributed by atoms with Gasteiger partial charge < -0.3 is 14.5 Å². The number of nitrogens with one attached hydrogen (secondary N) is 1. The Bertz CT molecular complexity index is 1140. The van der Waals surface area contributed by atoms with Crippen molar-refractivity contribution in [1.29, 1.82) is 0 Å². The smallest absolute Gasteiger partial charge is 0.233 e. The van der Waals surface area contributed by atoms with E-state index >= 15 is 0 Å². The predicted molar refractivity (Wildman–Crippen MR) is 109 cm³/mol. The van der Waals surface area contributed by atoms with Gasteiger partial charge in [-0.2, -0.15) is 0 Å². The quantitative estimate of drug-likeness (QED) is 0.391. The van der Waals surface area contributed by atoms with Gasteiger partial charge in [-0.3, -0.25) is 4.79 Å². The van der Waals surface area contributed by atoms with E-state index in [9.17, 15) is 4.79 Å². The number of hydrogen-bond acceptors (Lipinski definition) is 6. The minimum absolute atomic E-state index is 0.0845. The number of carbonyl (C=O) groups excluding carboxylic acids is 1. The molecule has 0 bridgehead atoms. The minimum Gasteiger partial charge on any atom is -0.496 e. The van der Waals surface area contributed by atoms with Gasteiger partial charge in [-0.15, -0.1) is 0 Å². The lowest BCUT2D eigenvalue weighted by molar-refractivity contribution is -0.120. The number of rotatable bonds is 6. The third-order valence-corrected chi connectivity index (χ3v) is 5.51. The Hall–Kier alpha value is -3.06. The number of carbonyl (C=O) groups is 1. The third-order valence-electron chi connectivity index (χ3n) is 4.43. The van der Waals surface area contributed by atoms with Crippen LogP contribution in [0.4, 0.5) is 0 Å². The zero-order valence-electron chi connectivity index (χ0n) is 15.5. The number of para-hydroxylation sites is 2. The monoisotopic (exact) mass is 393 g/mol. The molecule has 4 aromatic rings. The van der Waals surface area contributed by atoms with E-state index in [-0.39, 0.29) is 11.2 Å². The van der Waals surface area contributed by atoms with Crippen molar-refractivity contribution in [3.63, 3.8) is 0 Å². The number of ether oxygens (including phenoxy) is 1. The van der Waals surface area contributed by atoms with E-state index in [1.807, 2.05) is 55.5 Å². The summed E-state index contributed by atoms with van der Waals surface area (Å²) in [4.78, 5) is 21.3. The number of furan rings is 1. The summed E-state index contributed by atoms with van der Waals surface area (Å²) in [7, 11) is 1.62. The number of thioether (sulfide) groups is 1. The van der Waals surface area contributed by atoms with E-state index in [1.165, 1.54) is 18.1 Å². The molecule has 0 spiro atoms. The largest absolute Gasteiger partial charge is 0.496 e. The summed E-state index contributed by atoms with van der Waals surface area (Å²) < 4.78 is 11.3. The van der Waals surface area contributed by atoms with E-state index in [0.717, 1.165) is 27.8 Å². The molecule has 0 aliphatic heterocycles. The minimum atomic E-state index is -0.346. The second-order valence-electron chi connectivity index (χ2n) is 6.24. The molecule has 2 heterocycles. The van der Waals surface area contributed by atoms with Crippen molar-refractivity contribution in [3.8, 4) is 5.75 Å². The average Bonchev–Trinajstić information content (AvgIpc) is 3.12. The maximum Gasteiger partial charge on any atom is 0.233 e. The predicted octanol–water partition coefficient (Wildman–Crippen LogP) is 4.18. The van der Waals surface area contributed by atoms with Crippen LogP contribution in [-0.4, -0.2) is 28.2 Å². The van der Waals surface area contributed by atoms with Gasteiger partial charge >= 0.3 is 0 Å². The second-order valence-corrected chi connectivity index (χ2v) is 7.57. The number of methoxy groups -OCH3 is 1. The van der Waals surface area contributed by atoms with Crippen LogP contribution in [0.25, 0.3) is 22.1 Å². The van der Waals surface area contributed by atoms with Crippen molar-refractivity contribution in [1.82, 2.24) is 15.3 Å². The van der Waals surface area contributed by atoms with E-state index in [2.05, 4.69) is 15.3 Å². The van der Waals surface area contributed by atoms with Crippen molar-refractivity contribution < 1.29 is 13.9 Å². The standard InChI is InChI=1S/C21H19N3O3S/c1-13(20(25)22-11-14-7-3-5-9-16(14)26-2)28-21-19-18(23-12-24-21)15-8-4-6-10-17(15)27-19/h3-10,12-13H,11H2,1-2H3,(H,22,25)/t13-/m1/s1. The van der Waals surface area contributed by atoms with Gasteiger partial charge in [-0.05, 0) is 25.1 Å². The van der Waals surface area contributed by atoms with Crippen molar-refractivity contribution >= 4 is 39.7 Å². The summed E-state index contributed by atoms with van der Waals surface area (Å²) >= 11 is 1.35. The van der Waals surface area contributed by atoms with Gasteiger partial charge in [0.2, 0.25) is 5.91 Å². The number of nitrogens with zero attached hydrogens (tertiary/aromatic N) is 2. The fraction of sp³-hybridized carbons (Fsp3) is 0.190. The zero-order valence-corrected chi connectivity index (χ0v) is 16.3. The lowest BCUT2D eigenvalue weighted by atomic mass is 10.2. The molecule has 0 saturated carbocycles. The van der Waals surface area contributed by atoms with E-state index in [4.69, 9.17) is 9.15 Å². The average molecular weight is 393 g/mol. The van der Waals surface area contributed by atoms with Crippen molar-refractivity contribution in [2.45, 2.75) is 23.7 Å². The molecule has 4 rings (SSSR count). The lowest BCUT2D eigenvalue weighted by Crippen LogP contribution is -2.30. The number of fused-ring (bicyclic) bond motifs is 3. The highest BCUT2D eigenvalue weighted by atomic mass is 32.2. The summed E-state index contributed by atoms with van der Waals surface area (Å²) in [6.07, 6.45) is 1.51. The first-order valence-corrected chi connectivity index (χ1v) is 9.74. The molecular weight excluding hydrogens is 374 g/mol. The molecule has 1 N–H and O–H groups in total. The maximum atomic E-state index is 12.6. The van der Waals surface area contributed by atoms with Crippen molar-refractivity contribution in [2.75, 3.05) is 7.11 Å². The van der Waals surface area contributed by atoms with Gasteiger partial charge in [-0.25, -0.2) is 9.97 Å². The lowest BCUT2D eigenvalue weighted by Gasteiger charge is -2.13. The van der Waals surface area contributed by atoms with Crippen molar-refractivity contribution in [2.24, 2.45) is 0 Å². The topological polar surface area (TPSA) is 77.2 Å². The second kappa shape index (κ2) is 7.90. The van der Waals surface area contributed by atoms with Crippen LogP contribution >= 0.6 is 11.8 Å². The normalized spacial score (nSPS) is 12.2. The van der Waals surface area contributed by atoms with Crippen LogP contribution in [0.3, 0.4) is 0 Å². The molecule has 0 fully saturated rings. The van der Waals surface area contributed by atoms with Crippen LogP contribution in [0.5, 0.6) is 5.75 Å². The van der Waals surface area contributed by atoms with E-state index in [0.29, 0.717) is 17.2 Å². The van der Waals surface area contributed by atoms with Crippen LogP contribution < -0.4 is 10.1 Å². The Morgan fingerprint density at radius 3 is 2.82 bits per heavy atom. The first-order chi connectivity index (χ1) is 13.7. The molecule has 0 unspecified atom stereocenters. The molecule has 0 aliphatic carbocycles. The first kappa shape index (κ1) is 18.3. The molecule has 7 heteroatoms. The van der Waals surface area contributed by atoms with Gasteiger partial charge in [0.25, 0.3) is 0 Å². The number of aromatic nitrogens is 2. The molecule has 142 valence electrons. The van der Waals surface area contributed by atoms with Crippen molar-refractivity contribution in [3.05, 3.63) is 60.4 Å². The Labute approximate surface area is 166 Å². The van der Waals surface area contributed by atoms with Crippen LogP contribution in [-0.2, 0) is 11.3 Å². The summed E-state index contributed by atoms with van der Waals surface area (Å²) in [5.41, 5.74) is 3.05. The highest BCUT2D eigenvalue weighted by molar-refractivity contribution is 8.00. The van der Waals surface area contributed by atoms with E-state index in [1.54, 1.807) is 7.11 Å². The molecule has 6 nitrogen and oxygen atoms in total. The number of hydrogen-bond donors (Lipinski definition) is 1. The Morgan fingerprint density at radius 1 is 1.18 bits per heavy atom. The van der Waals surface area contributed by atoms with Crippen LogP contribution in [0, 0.1) is 0 Å². The number of amides is 1. The van der Waals surface area contributed by atoms with Gasteiger partial charge in [0.05, 0.1) is 12.4 Å². The fourth-order valence-corrected chi connectivity index (χ4v) is 3.86. The molecule has 1 amide bonds. The Morgan fingerprint density at radius 2 is 1.96 bits per heavy atom. The van der Waals surface area contributed by atoms with Crippen LogP contribution in [0.2, 0.25) is 0 Å². The zero-order chi connectivity index (χ0) is 19.5. The maximum absolute atomic E-state index is 12.6. The molecule has 2 aromatic carbocycles. The summed E-state index contributed by atoms with van der Waals surface area (Å²) in [5, 5.41) is 4.20. The first-order valence-electron chi connectivity index (χ1n) is 8.86. The molecule has 2 aromatic heterocycles. The highest BCUT2D eigenvalue weighted by Gasteiger charge is 2.20. The SMILES string of the molecule is COc1ccccc1CNC(=O)[C@@H](C)Sc1ncnc2c1oc1ccccc12. The molecule has 1 atom stereocenters. The fourth-order valence-electron chi connectivity index (χ4n) is 2.98. The Kier molecular flexibility index (Phi) is 5.16. The van der Waals surface area contributed by atoms with E-state index < -0.39 is 0 Å². The molecule has 0 radical (unpaired) electrons. The highest BCUT2D eigenvalue weighted by Crippen LogP contribution is 2.34. The van der Waals surface area contributed by atoms with Gasteiger partial charge in [-0.1, -0.05) is 42.1 Å². The summed E-state index contributed by atoms with van der Waals surface area (Å²) in [6, 6.07) is 15.3. The van der Waals surface area contributed by atoms with Crippen LogP contribution in [0.1, 0.15) is 12.5 Å². The number of benzene rings is 2. The van der Waals surface area contributed by atoms with Crippen LogP contribution in [0.15, 0.2) is 64.3 Å². The molecule has 0 aliphatic rings. The molecule has 0 saturated heterocycles. The third kappa shape index (κ3) is 3.53. The summed E-state index contributed by atoms with van der Waals surface area (Å²) in [5.74, 6) is 0.668. The van der Waals surface area contributed by atoms with Gasteiger partial charge in [0.1, 0.15) is 28.2 Å². The van der Waals surface area contributed by atoms with Gasteiger partial charge in [0, 0.05) is 17.5 Å². The molecular formula is C21H19N3O3S.